The van der Waals surface area contributed by atoms with Crippen LogP contribution in [0.25, 0.3) is 0 Å². The lowest BCUT2D eigenvalue weighted by Gasteiger charge is -2.05. The first-order chi connectivity index (χ1) is 7.54. The summed E-state index contributed by atoms with van der Waals surface area (Å²) in [7, 11) is 1.45. The van der Waals surface area contributed by atoms with E-state index < -0.39 is 5.97 Å². The first kappa shape index (κ1) is 12.3. The fraction of sp³-hybridized carbons (Fsp3) is 0.200. The van der Waals surface area contributed by atoms with Gasteiger partial charge in [0.15, 0.2) is 6.61 Å². The first-order valence-corrected chi connectivity index (χ1v) is 4.85. The van der Waals surface area contributed by atoms with Gasteiger partial charge in [-0.25, -0.2) is 4.79 Å². The van der Waals surface area contributed by atoms with Gasteiger partial charge in [0.05, 0.1) is 16.3 Å². The molecule has 0 atom stereocenters. The number of anilines is 1. The van der Waals surface area contributed by atoms with E-state index in [2.05, 4.69) is 5.32 Å². The lowest BCUT2D eigenvalue weighted by Crippen LogP contribution is -2.25. The third kappa shape index (κ3) is 3.13. The zero-order valence-electron chi connectivity index (χ0n) is 8.62. The van der Waals surface area contributed by atoms with Crippen LogP contribution in [0.3, 0.4) is 0 Å². The van der Waals surface area contributed by atoms with Crippen molar-refractivity contribution in [3.05, 3.63) is 28.8 Å². The van der Waals surface area contributed by atoms with E-state index in [1.807, 2.05) is 0 Å². The average Bonchev–Trinajstić information content (AvgIpc) is 2.29. The number of rotatable bonds is 3. The molecule has 0 radical (unpaired) electrons. The molecule has 0 bridgehead atoms. The molecule has 0 fully saturated rings. The molecule has 0 unspecified atom stereocenters. The van der Waals surface area contributed by atoms with Crippen LogP contribution in [-0.2, 0) is 9.53 Å². The number of ether oxygens (including phenoxy) is 1. The van der Waals surface area contributed by atoms with Gasteiger partial charge in [-0.2, -0.15) is 0 Å². The van der Waals surface area contributed by atoms with Crippen molar-refractivity contribution in [3.8, 4) is 0 Å². The lowest BCUT2D eigenvalue weighted by molar-refractivity contribution is -0.123. The summed E-state index contributed by atoms with van der Waals surface area (Å²) in [6, 6.07) is 4.37. The van der Waals surface area contributed by atoms with Crippen molar-refractivity contribution in [2.24, 2.45) is 0 Å². The molecule has 0 aliphatic rings. The summed E-state index contributed by atoms with van der Waals surface area (Å²) in [5, 5.41) is 2.60. The van der Waals surface area contributed by atoms with Crippen molar-refractivity contribution in [1.29, 1.82) is 0 Å². The smallest absolute Gasteiger partial charge is 0.338 e. The Labute approximate surface area is 97.5 Å². The molecule has 0 spiro atoms. The van der Waals surface area contributed by atoms with E-state index >= 15 is 0 Å². The maximum atomic E-state index is 11.4. The van der Waals surface area contributed by atoms with Gasteiger partial charge in [0, 0.05) is 7.05 Å². The van der Waals surface area contributed by atoms with E-state index in [1.54, 1.807) is 0 Å². The number of nitrogen functional groups attached to an aromatic ring is 1. The maximum Gasteiger partial charge on any atom is 0.338 e. The van der Waals surface area contributed by atoms with E-state index in [0.717, 1.165) is 0 Å². The van der Waals surface area contributed by atoms with Crippen LogP contribution >= 0.6 is 11.6 Å². The zero-order chi connectivity index (χ0) is 12.1. The summed E-state index contributed by atoms with van der Waals surface area (Å²) in [4.78, 5) is 22.3. The van der Waals surface area contributed by atoms with E-state index in [1.165, 1.54) is 25.2 Å². The standard InChI is InChI=1S/C10H11ClN2O3/c1-13-9(14)5-16-10(15)6-2-3-8(12)7(11)4-6/h2-4H,5,12H2,1H3,(H,13,14). The largest absolute Gasteiger partial charge is 0.452 e. The fourth-order valence-corrected chi connectivity index (χ4v) is 1.12. The second-order valence-corrected chi connectivity index (χ2v) is 3.39. The van der Waals surface area contributed by atoms with Gasteiger partial charge in [-0.1, -0.05) is 11.6 Å². The Morgan fingerprint density at radius 1 is 1.50 bits per heavy atom. The first-order valence-electron chi connectivity index (χ1n) is 4.47. The molecule has 0 saturated carbocycles. The summed E-state index contributed by atoms with van der Waals surface area (Å²) in [6.45, 7) is -0.322. The highest BCUT2D eigenvalue weighted by atomic mass is 35.5. The Kier molecular flexibility index (Phi) is 4.13. The maximum absolute atomic E-state index is 11.4. The number of hydrogen-bond donors (Lipinski definition) is 2. The third-order valence-corrected chi connectivity index (χ3v) is 2.18. The molecule has 0 saturated heterocycles. The molecule has 1 aromatic rings. The van der Waals surface area contributed by atoms with E-state index in [0.29, 0.717) is 5.69 Å². The van der Waals surface area contributed by atoms with E-state index in [-0.39, 0.29) is 23.1 Å². The van der Waals surface area contributed by atoms with Crippen molar-refractivity contribution in [1.82, 2.24) is 5.32 Å². The SMILES string of the molecule is CNC(=O)COC(=O)c1ccc(N)c(Cl)c1. The molecule has 0 aliphatic heterocycles. The van der Waals surface area contributed by atoms with Crippen LogP contribution < -0.4 is 11.1 Å². The van der Waals surface area contributed by atoms with E-state index in [9.17, 15) is 9.59 Å². The number of halogens is 1. The van der Waals surface area contributed by atoms with Crippen molar-refractivity contribution in [2.45, 2.75) is 0 Å². The van der Waals surface area contributed by atoms with Crippen LogP contribution in [0.4, 0.5) is 5.69 Å². The molecule has 1 amide bonds. The number of hydrogen-bond acceptors (Lipinski definition) is 4. The number of benzene rings is 1. The van der Waals surface area contributed by atoms with Crippen molar-refractivity contribution in [2.75, 3.05) is 19.4 Å². The third-order valence-electron chi connectivity index (χ3n) is 1.85. The molecule has 0 aliphatic carbocycles. The number of esters is 1. The van der Waals surface area contributed by atoms with Gasteiger partial charge in [-0.05, 0) is 18.2 Å². The molecule has 16 heavy (non-hydrogen) atoms. The molecular weight excluding hydrogens is 232 g/mol. The highest BCUT2D eigenvalue weighted by Gasteiger charge is 2.10. The fourth-order valence-electron chi connectivity index (χ4n) is 0.941. The number of likely N-dealkylation sites (N-methyl/N-ethyl adjacent to an activating group) is 1. The van der Waals surface area contributed by atoms with Crippen molar-refractivity contribution >= 4 is 29.2 Å². The Bertz CT molecular complexity index is 421. The Balaban J connectivity index is 2.66. The van der Waals surface area contributed by atoms with Crippen molar-refractivity contribution < 1.29 is 14.3 Å². The van der Waals surface area contributed by atoms with Gasteiger partial charge in [-0.3, -0.25) is 4.79 Å². The molecule has 0 heterocycles. The molecular formula is C10H11ClN2O3. The van der Waals surface area contributed by atoms with Gasteiger partial charge in [-0.15, -0.1) is 0 Å². The normalized spacial score (nSPS) is 9.62. The molecule has 5 nitrogen and oxygen atoms in total. The minimum Gasteiger partial charge on any atom is -0.452 e. The summed E-state index contributed by atoms with van der Waals surface area (Å²) in [5.74, 6) is -1.000. The highest BCUT2D eigenvalue weighted by molar-refractivity contribution is 6.33. The van der Waals surface area contributed by atoms with Crippen LogP contribution in [0.2, 0.25) is 5.02 Å². The predicted octanol–water partition coefficient (Wildman–Crippen LogP) is 0.825. The van der Waals surface area contributed by atoms with Crippen LogP contribution in [0, 0.1) is 0 Å². The Morgan fingerprint density at radius 3 is 2.75 bits per heavy atom. The monoisotopic (exact) mass is 242 g/mol. The van der Waals surface area contributed by atoms with Gasteiger partial charge in [0.25, 0.3) is 5.91 Å². The second kappa shape index (κ2) is 5.37. The molecule has 86 valence electrons. The molecule has 6 heteroatoms. The minimum absolute atomic E-state index is 0.253. The minimum atomic E-state index is -0.620. The predicted molar refractivity (Wildman–Crippen MR) is 60.2 cm³/mol. The number of carbonyl (C=O) groups excluding carboxylic acids is 2. The number of nitrogens with one attached hydrogen (secondary N) is 1. The van der Waals surface area contributed by atoms with E-state index in [4.69, 9.17) is 22.1 Å². The summed E-state index contributed by atoms with van der Waals surface area (Å²) < 4.78 is 4.73. The summed E-state index contributed by atoms with van der Waals surface area (Å²) in [5.41, 5.74) is 6.12. The quantitative estimate of drug-likeness (QED) is 0.608. The highest BCUT2D eigenvalue weighted by Crippen LogP contribution is 2.19. The zero-order valence-corrected chi connectivity index (χ0v) is 9.38. The molecule has 1 aromatic carbocycles. The number of carbonyl (C=O) groups is 2. The molecule has 1 rings (SSSR count). The van der Waals surface area contributed by atoms with Gasteiger partial charge in [0.2, 0.25) is 0 Å². The Morgan fingerprint density at radius 2 is 2.19 bits per heavy atom. The topological polar surface area (TPSA) is 81.4 Å². The van der Waals surface area contributed by atoms with Crippen LogP contribution in [0.1, 0.15) is 10.4 Å². The number of amides is 1. The van der Waals surface area contributed by atoms with Crippen molar-refractivity contribution in [3.63, 3.8) is 0 Å². The Hall–Kier alpha value is -1.75. The van der Waals surface area contributed by atoms with Crippen LogP contribution in [-0.4, -0.2) is 25.5 Å². The molecule has 3 N–H and O–H groups in total. The number of nitrogens with two attached hydrogens (primary N) is 1. The second-order valence-electron chi connectivity index (χ2n) is 2.99. The summed E-state index contributed by atoms with van der Waals surface area (Å²) >= 11 is 5.74. The lowest BCUT2D eigenvalue weighted by atomic mass is 10.2. The van der Waals surface area contributed by atoms with Gasteiger partial charge < -0.3 is 15.8 Å². The van der Waals surface area contributed by atoms with Crippen LogP contribution in [0.5, 0.6) is 0 Å². The van der Waals surface area contributed by atoms with Gasteiger partial charge in [0.1, 0.15) is 0 Å². The summed E-state index contributed by atoms with van der Waals surface area (Å²) in [6.07, 6.45) is 0. The average molecular weight is 243 g/mol. The molecule has 0 aromatic heterocycles. The van der Waals surface area contributed by atoms with Crippen LogP contribution in [0.15, 0.2) is 18.2 Å². The van der Waals surface area contributed by atoms with Gasteiger partial charge >= 0.3 is 5.97 Å².